The Morgan fingerprint density at radius 1 is 1.12 bits per heavy atom. The zero-order valence-corrected chi connectivity index (χ0v) is 24.4. The Hall–Kier alpha value is -3.80. The molecule has 1 aromatic heterocycles. The standard InChI is InChI=1S/C31H40F3N5O3/c1-6-7-8-11-21(2)18-24(35)26(40)20-39(19-22-13-15-23(16-14-22)25-12-9-10-17-36-25)38-28(41)27(30(3,4)5)37-29(42)31(32,33)34/h6-17,24,26-27,40H,1,18-20,35H2,2-5H3,(H,37,42)(H,38,41)/b8-7-,21-11+. The van der Waals surface area contributed by atoms with E-state index in [9.17, 15) is 27.9 Å². The van der Waals surface area contributed by atoms with Crippen molar-refractivity contribution in [2.24, 2.45) is 11.1 Å². The van der Waals surface area contributed by atoms with Crippen molar-refractivity contribution in [3.8, 4) is 11.3 Å². The predicted molar refractivity (Wildman–Crippen MR) is 157 cm³/mol. The molecule has 0 aliphatic rings. The van der Waals surface area contributed by atoms with E-state index in [0.29, 0.717) is 6.42 Å². The number of amides is 2. The minimum atomic E-state index is -5.16. The lowest BCUT2D eigenvalue weighted by atomic mass is 9.86. The lowest BCUT2D eigenvalue weighted by Gasteiger charge is -2.34. The molecule has 3 atom stereocenters. The van der Waals surface area contributed by atoms with Gasteiger partial charge in [-0.05, 0) is 36.5 Å². The maximum atomic E-state index is 13.3. The minimum Gasteiger partial charge on any atom is -0.390 e. The van der Waals surface area contributed by atoms with Gasteiger partial charge in [0.1, 0.15) is 6.04 Å². The monoisotopic (exact) mass is 587 g/mol. The number of aromatic nitrogens is 1. The first-order chi connectivity index (χ1) is 19.6. The van der Waals surface area contributed by atoms with Gasteiger partial charge in [0.15, 0.2) is 0 Å². The first-order valence-corrected chi connectivity index (χ1v) is 13.4. The Morgan fingerprint density at radius 2 is 1.79 bits per heavy atom. The third-order valence-corrected chi connectivity index (χ3v) is 6.30. The normalized spacial score (nSPS) is 14.9. The Bertz CT molecular complexity index is 1240. The molecule has 2 aromatic rings. The number of hydrogen-bond donors (Lipinski definition) is 4. The molecular weight excluding hydrogens is 547 g/mol. The SMILES string of the molecule is C=C/C=C\C=C(/C)CC(N)C(O)CN(Cc1ccc(-c2ccccn2)cc1)NC(=O)C(NC(=O)C(F)(F)F)C(C)(C)C. The molecule has 0 saturated heterocycles. The van der Waals surface area contributed by atoms with E-state index in [4.69, 9.17) is 5.73 Å². The third-order valence-electron chi connectivity index (χ3n) is 6.30. The molecule has 5 N–H and O–H groups in total. The molecule has 2 amide bonds. The molecule has 42 heavy (non-hydrogen) atoms. The van der Waals surface area contributed by atoms with Crippen LogP contribution in [-0.2, 0) is 16.1 Å². The predicted octanol–water partition coefficient (Wildman–Crippen LogP) is 4.44. The zero-order valence-electron chi connectivity index (χ0n) is 24.4. The first-order valence-electron chi connectivity index (χ1n) is 13.4. The summed E-state index contributed by atoms with van der Waals surface area (Å²) in [5.41, 5.74) is 11.1. The maximum Gasteiger partial charge on any atom is 0.471 e. The lowest BCUT2D eigenvalue weighted by Crippen LogP contribution is -2.60. The Labute approximate surface area is 245 Å². The van der Waals surface area contributed by atoms with Crippen molar-refractivity contribution in [3.63, 3.8) is 0 Å². The summed E-state index contributed by atoms with van der Waals surface area (Å²) < 4.78 is 39.0. The highest BCUT2D eigenvalue weighted by molar-refractivity contribution is 5.90. The summed E-state index contributed by atoms with van der Waals surface area (Å²) in [6, 6.07) is 10.7. The number of nitrogens with two attached hydrogens (primary N) is 1. The minimum absolute atomic E-state index is 0.0962. The molecule has 0 saturated carbocycles. The second-order valence-electron chi connectivity index (χ2n) is 11.1. The van der Waals surface area contributed by atoms with Crippen LogP contribution >= 0.6 is 0 Å². The number of carbonyl (C=O) groups is 2. The number of rotatable bonds is 13. The van der Waals surface area contributed by atoms with Gasteiger partial charge < -0.3 is 16.2 Å². The van der Waals surface area contributed by atoms with Crippen LogP contribution in [-0.4, -0.2) is 57.8 Å². The molecule has 0 radical (unpaired) electrons. The highest BCUT2D eigenvalue weighted by Crippen LogP contribution is 2.23. The van der Waals surface area contributed by atoms with Gasteiger partial charge >= 0.3 is 12.1 Å². The van der Waals surface area contributed by atoms with Gasteiger partial charge in [-0.15, -0.1) is 0 Å². The van der Waals surface area contributed by atoms with Gasteiger partial charge in [-0.2, -0.15) is 13.2 Å². The largest absolute Gasteiger partial charge is 0.471 e. The van der Waals surface area contributed by atoms with E-state index in [0.717, 1.165) is 22.4 Å². The topological polar surface area (TPSA) is 121 Å². The lowest BCUT2D eigenvalue weighted by molar-refractivity contribution is -0.175. The maximum absolute atomic E-state index is 13.3. The average molecular weight is 588 g/mol. The van der Waals surface area contributed by atoms with Crippen LogP contribution in [0.25, 0.3) is 11.3 Å². The van der Waals surface area contributed by atoms with Crippen LogP contribution in [0.2, 0.25) is 0 Å². The summed E-state index contributed by atoms with van der Waals surface area (Å²) in [6.45, 7) is 10.0. The quantitative estimate of drug-likeness (QED) is 0.203. The highest BCUT2D eigenvalue weighted by atomic mass is 19.4. The number of halogens is 3. The zero-order chi connectivity index (χ0) is 31.5. The fourth-order valence-electron chi connectivity index (χ4n) is 4.03. The number of hydrogen-bond acceptors (Lipinski definition) is 6. The molecular formula is C31H40F3N5O3. The van der Waals surface area contributed by atoms with E-state index in [1.807, 2.05) is 55.5 Å². The van der Waals surface area contributed by atoms with Gasteiger partial charge in [-0.25, -0.2) is 5.01 Å². The third kappa shape index (κ3) is 11.2. The molecule has 3 unspecified atom stereocenters. The first kappa shape index (κ1) is 34.4. The number of alkyl halides is 3. The fraction of sp³-hybridized carbons (Fsp3) is 0.387. The number of aliphatic hydroxyl groups excluding tert-OH is 1. The van der Waals surface area contributed by atoms with Crippen molar-refractivity contribution in [2.45, 2.75) is 65.0 Å². The van der Waals surface area contributed by atoms with Crippen molar-refractivity contribution in [3.05, 3.63) is 90.7 Å². The number of nitrogens with zero attached hydrogens (tertiary/aromatic N) is 2. The molecule has 0 spiro atoms. The van der Waals surface area contributed by atoms with Crippen LogP contribution in [0.1, 0.15) is 39.7 Å². The molecule has 228 valence electrons. The van der Waals surface area contributed by atoms with Crippen LogP contribution in [0.4, 0.5) is 13.2 Å². The smallest absolute Gasteiger partial charge is 0.390 e. The van der Waals surface area contributed by atoms with Crippen molar-refractivity contribution in [1.82, 2.24) is 20.7 Å². The summed E-state index contributed by atoms with van der Waals surface area (Å²) in [4.78, 5) is 29.3. The number of aliphatic hydroxyl groups is 1. The van der Waals surface area contributed by atoms with Gasteiger partial charge in [0.05, 0.1) is 11.8 Å². The number of allylic oxidation sites excluding steroid dienone is 4. The summed E-state index contributed by atoms with van der Waals surface area (Å²) in [5, 5.41) is 14.1. The fourth-order valence-corrected chi connectivity index (χ4v) is 4.03. The molecule has 11 heteroatoms. The van der Waals surface area contributed by atoms with Gasteiger partial charge in [-0.3, -0.25) is 20.0 Å². The van der Waals surface area contributed by atoms with Crippen LogP contribution in [0.3, 0.4) is 0 Å². The van der Waals surface area contributed by atoms with Crippen molar-refractivity contribution in [1.29, 1.82) is 0 Å². The van der Waals surface area contributed by atoms with Crippen molar-refractivity contribution >= 4 is 11.8 Å². The van der Waals surface area contributed by atoms with Crippen LogP contribution in [0.5, 0.6) is 0 Å². The van der Waals surface area contributed by atoms with Gasteiger partial charge in [0, 0.05) is 30.9 Å². The molecule has 8 nitrogen and oxygen atoms in total. The number of nitrogens with one attached hydrogen (secondary N) is 2. The number of carbonyl (C=O) groups excluding carboxylic acids is 2. The van der Waals surface area contributed by atoms with Gasteiger partial charge in [-0.1, -0.05) is 87.6 Å². The van der Waals surface area contributed by atoms with Crippen LogP contribution < -0.4 is 16.5 Å². The highest BCUT2D eigenvalue weighted by Gasteiger charge is 2.43. The van der Waals surface area contributed by atoms with Crippen LogP contribution in [0.15, 0.2) is 85.1 Å². The molecule has 1 heterocycles. The molecule has 0 fully saturated rings. The number of hydrazine groups is 1. The molecule has 0 aliphatic heterocycles. The van der Waals surface area contributed by atoms with E-state index in [1.54, 1.807) is 29.7 Å². The number of pyridine rings is 1. The Balaban J connectivity index is 2.28. The summed E-state index contributed by atoms with van der Waals surface area (Å²) in [5.74, 6) is -3.08. The Kier molecular flexibility index (Phi) is 12.6. The van der Waals surface area contributed by atoms with E-state index < -0.39 is 41.6 Å². The van der Waals surface area contributed by atoms with E-state index in [1.165, 1.54) is 25.8 Å². The van der Waals surface area contributed by atoms with E-state index in [-0.39, 0.29) is 13.1 Å². The average Bonchev–Trinajstić information content (AvgIpc) is 2.91. The van der Waals surface area contributed by atoms with Crippen molar-refractivity contribution < 1.29 is 27.9 Å². The van der Waals surface area contributed by atoms with E-state index in [2.05, 4.69) is 17.0 Å². The summed E-state index contributed by atoms with van der Waals surface area (Å²) in [7, 11) is 0. The second-order valence-corrected chi connectivity index (χ2v) is 11.1. The number of benzene rings is 1. The summed E-state index contributed by atoms with van der Waals surface area (Å²) >= 11 is 0. The molecule has 2 rings (SSSR count). The molecule has 1 aromatic carbocycles. The van der Waals surface area contributed by atoms with Crippen LogP contribution in [0, 0.1) is 5.41 Å². The Morgan fingerprint density at radius 3 is 2.33 bits per heavy atom. The molecule has 0 bridgehead atoms. The summed E-state index contributed by atoms with van der Waals surface area (Å²) in [6.07, 6.45) is 2.79. The van der Waals surface area contributed by atoms with Gasteiger partial charge in [0.25, 0.3) is 5.91 Å². The molecule has 0 aliphatic carbocycles. The second kappa shape index (κ2) is 15.4. The van der Waals surface area contributed by atoms with E-state index >= 15 is 0 Å². The van der Waals surface area contributed by atoms with Crippen molar-refractivity contribution in [2.75, 3.05) is 6.54 Å². The van der Waals surface area contributed by atoms with Gasteiger partial charge in [0.2, 0.25) is 0 Å².